The molecular weight excluding hydrogens is 358 g/mol. The van der Waals surface area contributed by atoms with E-state index in [1.54, 1.807) is 37.0 Å². The van der Waals surface area contributed by atoms with E-state index in [1.165, 1.54) is 11.3 Å². The number of esters is 1. The van der Waals surface area contributed by atoms with Crippen LogP contribution >= 0.6 is 11.3 Å². The van der Waals surface area contributed by atoms with Gasteiger partial charge in [-0.05, 0) is 26.3 Å². The van der Waals surface area contributed by atoms with Crippen molar-refractivity contribution in [1.82, 2.24) is 20.4 Å². The number of carbonyl (C=O) groups excluding carboxylic acids is 3. The van der Waals surface area contributed by atoms with Crippen molar-refractivity contribution < 1.29 is 19.1 Å². The van der Waals surface area contributed by atoms with Crippen LogP contribution in [-0.4, -0.2) is 46.9 Å². The van der Waals surface area contributed by atoms with E-state index in [0.717, 1.165) is 0 Å². The number of ether oxygens (including phenoxy) is 1. The third-order valence-electron chi connectivity index (χ3n) is 3.89. The van der Waals surface area contributed by atoms with Gasteiger partial charge in [-0.25, -0.2) is 14.3 Å². The summed E-state index contributed by atoms with van der Waals surface area (Å²) in [5.41, 5.74) is 0.944. The average molecular weight is 377 g/mol. The highest BCUT2D eigenvalue weighted by Gasteiger charge is 2.28. The number of hydrogen-bond acceptors (Lipinski definition) is 6. The molecule has 1 aliphatic rings. The summed E-state index contributed by atoms with van der Waals surface area (Å²) in [5.74, 6) is -0.737. The first-order valence-corrected chi connectivity index (χ1v) is 8.98. The Bertz CT molecular complexity index is 830. The Labute approximate surface area is 153 Å². The van der Waals surface area contributed by atoms with Crippen molar-refractivity contribution in [1.29, 1.82) is 0 Å². The quantitative estimate of drug-likeness (QED) is 0.682. The summed E-state index contributed by atoms with van der Waals surface area (Å²) in [6, 6.07) is 0.639. The molecule has 0 spiro atoms. The van der Waals surface area contributed by atoms with Crippen molar-refractivity contribution in [3.8, 4) is 5.00 Å². The number of thiophene rings is 1. The molecule has 1 aliphatic heterocycles. The van der Waals surface area contributed by atoms with Crippen LogP contribution in [0.2, 0.25) is 0 Å². The first-order chi connectivity index (χ1) is 12.5. The maximum Gasteiger partial charge on any atom is 0.341 e. The lowest BCUT2D eigenvalue weighted by Crippen LogP contribution is -2.42. The minimum Gasteiger partial charge on any atom is -0.462 e. The summed E-state index contributed by atoms with van der Waals surface area (Å²) in [5, 5.41) is 13.2. The molecule has 0 bridgehead atoms. The number of carbonyl (C=O) groups is 3. The minimum atomic E-state index is -0.576. The Morgan fingerprint density at radius 1 is 1.50 bits per heavy atom. The van der Waals surface area contributed by atoms with Gasteiger partial charge in [0, 0.05) is 24.5 Å². The normalized spacial score (nSPS) is 16.2. The van der Waals surface area contributed by atoms with Gasteiger partial charge >= 0.3 is 12.0 Å². The van der Waals surface area contributed by atoms with Crippen molar-refractivity contribution in [3.05, 3.63) is 29.6 Å². The van der Waals surface area contributed by atoms with Gasteiger partial charge < -0.3 is 15.4 Å². The molecule has 0 saturated carbocycles. The molecule has 2 aromatic heterocycles. The second-order valence-electron chi connectivity index (χ2n) is 5.64. The van der Waals surface area contributed by atoms with Crippen LogP contribution in [0.4, 0.5) is 9.80 Å². The fourth-order valence-electron chi connectivity index (χ4n) is 2.68. The van der Waals surface area contributed by atoms with E-state index < -0.39 is 18.0 Å². The van der Waals surface area contributed by atoms with Gasteiger partial charge in [0.15, 0.2) is 0 Å². The molecule has 2 aromatic rings. The largest absolute Gasteiger partial charge is 0.462 e. The highest BCUT2D eigenvalue weighted by atomic mass is 32.1. The van der Waals surface area contributed by atoms with Gasteiger partial charge in [0.05, 0.1) is 12.2 Å². The monoisotopic (exact) mass is 377 g/mol. The average Bonchev–Trinajstić information content (AvgIpc) is 3.30. The highest BCUT2D eigenvalue weighted by molar-refractivity contribution is 7.19. The van der Waals surface area contributed by atoms with Crippen LogP contribution in [0, 0.1) is 6.92 Å². The molecule has 0 radical (unpaired) electrons. The molecule has 0 aromatic carbocycles. The van der Waals surface area contributed by atoms with Gasteiger partial charge in [-0.15, -0.1) is 0 Å². The van der Waals surface area contributed by atoms with E-state index in [2.05, 4.69) is 21.0 Å². The zero-order valence-electron chi connectivity index (χ0n) is 14.4. The molecule has 10 heteroatoms. The van der Waals surface area contributed by atoms with Crippen LogP contribution < -0.4 is 16.0 Å². The maximum absolute atomic E-state index is 12.4. The number of aromatic nitrogens is 2. The summed E-state index contributed by atoms with van der Waals surface area (Å²) in [4.78, 5) is 36.2. The summed E-state index contributed by atoms with van der Waals surface area (Å²) < 4.78 is 6.74. The van der Waals surface area contributed by atoms with Gasteiger partial charge in [-0.3, -0.25) is 10.1 Å². The standard InChI is InChI=1S/C16H19N5O4S/c1-3-25-15(23)11-9(2)14(21-8-4-6-18-21)26-13(11)20-16(24)19-10-5-7-17-12(10)22/h4,6,8,10H,3,5,7H2,1-2H3,(H,17,22)(H2,19,20,24)/t10-/m1/s1. The fourth-order valence-corrected chi connectivity index (χ4v) is 3.81. The van der Waals surface area contributed by atoms with Crippen molar-refractivity contribution in [2.75, 3.05) is 18.5 Å². The Morgan fingerprint density at radius 2 is 2.31 bits per heavy atom. The number of hydrogen-bond donors (Lipinski definition) is 3. The summed E-state index contributed by atoms with van der Waals surface area (Å²) in [7, 11) is 0. The number of urea groups is 1. The second kappa shape index (κ2) is 7.56. The number of anilines is 1. The van der Waals surface area contributed by atoms with Crippen molar-refractivity contribution in [2.24, 2.45) is 0 Å². The Hall–Kier alpha value is -2.88. The lowest BCUT2D eigenvalue weighted by Gasteiger charge is -2.11. The van der Waals surface area contributed by atoms with Gasteiger partial charge in [-0.1, -0.05) is 11.3 Å². The van der Waals surface area contributed by atoms with E-state index in [0.29, 0.717) is 28.5 Å². The molecule has 138 valence electrons. The maximum atomic E-state index is 12.4. The van der Waals surface area contributed by atoms with Crippen LogP contribution in [0.25, 0.3) is 5.00 Å². The highest BCUT2D eigenvalue weighted by Crippen LogP contribution is 2.36. The van der Waals surface area contributed by atoms with Crippen LogP contribution in [0.15, 0.2) is 18.5 Å². The van der Waals surface area contributed by atoms with Crippen molar-refractivity contribution in [3.63, 3.8) is 0 Å². The fraction of sp³-hybridized carbons (Fsp3) is 0.375. The number of nitrogens with zero attached hydrogens (tertiary/aromatic N) is 2. The zero-order valence-corrected chi connectivity index (χ0v) is 15.2. The third kappa shape index (κ3) is 3.54. The number of amides is 3. The molecular formula is C16H19N5O4S. The molecule has 26 heavy (non-hydrogen) atoms. The number of rotatable bonds is 5. The molecule has 1 saturated heterocycles. The molecule has 3 rings (SSSR count). The van der Waals surface area contributed by atoms with Crippen molar-refractivity contribution >= 4 is 34.2 Å². The molecule has 3 amide bonds. The Morgan fingerprint density at radius 3 is 2.92 bits per heavy atom. The SMILES string of the molecule is CCOC(=O)c1c(NC(=O)N[C@@H]2CCNC2=O)sc(-n2cccn2)c1C. The van der Waals surface area contributed by atoms with E-state index in [9.17, 15) is 14.4 Å². The molecule has 0 unspecified atom stereocenters. The summed E-state index contributed by atoms with van der Waals surface area (Å²) in [6.07, 6.45) is 3.90. The van der Waals surface area contributed by atoms with Gasteiger partial charge in [0.25, 0.3) is 0 Å². The molecule has 0 aliphatic carbocycles. The van der Waals surface area contributed by atoms with Crippen LogP contribution in [0.5, 0.6) is 0 Å². The topological polar surface area (TPSA) is 114 Å². The van der Waals surface area contributed by atoms with E-state index in [-0.39, 0.29) is 18.1 Å². The smallest absolute Gasteiger partial charge is 0.341 e. The van der Waals surface area contributed by atoms with Gasteiger partial charge in [0.2, 0.25) is 5.91 Å². The Balaban J connectivity index is 1.86. The minimum absolute atomic E-state index is 0.217. The molecule has 9 nitrogen and oxygen atoms in total. The Kier molecular flexibility index (Phi) is 5.21. The zero-order chi connectivity index (χ0) is 18.7. The van der Waals surface area contributed by atoms with Crippen LogP contribution in [-0.2, 0) is 9.53 Å². The van der Waals surface area contributed by atoms with Crippen LogP contribution in [0.1, 0.15) is 29.3 Å². The third-order valence-corrected chi connectivity index (χ3v) is 5.09. The first kappa shape index (κ1) is 17.9. The first-order valence-electron chi connectivity index (χ1n) is 8.17. The second-order valence-corrected chi connectivity index (χ2v) is 6.64. The number of nitrogens with one attached hydrogen (secondary N) is 3. The molecule has 3 heterocycles. The van der Waals surface area contributed by atoms with E-state index in [4.69, 9.17) is 4.74 Å². The predicted molar refractivity (Wildman–Crippen MR) is 95.7 cm³/mol. The summed E-state index contributed by atoms with van der Waals surface area (Å²) >= 11 is 1.21. The summed E-state index contributed by atoms with van der Waals surface area (Å²) in [6.45, 7) is 4.23. The van der Waals surface area contributed by atoms with Gasteiger partial charge in [0.1, 0.15) is 16.0 Å². The molecule has 1 fully saturated rings. The lowest BCUT2D eigenvalue weighted by atomic mass is 10.2. The van der Waals surface area contributed by atoms with Crippen LogP contribution in [0.3, 0.4) is 0 Å². The van der Waals surface area contributed by atoms with Crippen molar-refractivity contribution in [2.45, 2.75) is 26.3 Å². The lowest BCUT2D eigenvalue weighted by molar-refractivity contribution is -0.120. The van der Waals surface area contributed by atoms with E-state index in [1.807, 2.05) is 0 Å². The molecule has 3 N–H and O–H groups in total. The predicted octanol–water partition coefficient (Wildman–Crippen LogP) is 1.43. The van der Waals surface area contributed by atoms with Gasteiger partial charge in [-0.2, -0.15) is 5.10 Å². The van der Waals surface area contributed by atoms with E-state index >= 15 is 0 Å². The molecule has 1 atom stereocenters.